The van der Waals surface area contributed by atoms with Crippen LogP contribution in [-0.4, -0.2) is 60.9 Å². The van der Waals surface area contributed by atoms with Crippen LogP contribution in [0.5, 0.6) is 0 Å². The number of hydrogen-bond acceptors (Lipinski definition) is 2. The summed E-state index contributed by atoms with van der Waals surface area (Å²) in [4.78, 5) is 0. The Morgan fingerprint density at radius 2 is 1.31 bits per heavy atom. The van der Waals surface area contributed by atoms with E-state index in [0.29, 0.717) is 0 Å². The molecule has 0 aliphatic rings. The average molecular weight is 375 g/mol. The lowest BCUT2D eigenvalue weighted by Crippen LogP contribution is -2.43. The van der Waals surface area contributed by atoms with Gasteiger partial charge >= 0.3 is 0 Å². The Morgan fingerprint density at radius 3 is 1.77 bits per heavy atom. The first-order valence-corrected chi connectivity index (χ1v) is 10.2. The minimum absolute atomic E-state index is 0.202. The van der Waals surface area contributed by atoms with Gasteiger partial charge in [0.05, 0.1) is 0 Å². The van der Waals surface area contributed by atoms with Crippen molar-refractivity contribution >= 4 is 7.59 Å². The second kappa shape index (κ2) is 8.03. The summed E-state index contributed by atoms with van der Waals surface area (Å²) in [6.07, 6.45) is 0. The highest BCUT2D eigenvalue weighted by Gasteiger charge is 2.40. The van der Waals surface area contributed by atoms with E-state index >= 15 is 0 Å². The van der Waals surface area contributed by atoms with Crippen LogP contribution in [0.1, 0.15) is 16.7 Å². The van der Waals surface area contributed by atoms with Gasteiger partial charge < -0.3 is 5.11 Å². The second-order valence-corrected chi connectivity index (χ2v) is 10.4. The Morgan fingerprint density at radius 1 is 0.846 bits per heavy atom. The van der Waals surface area contributed by atoms with Gasteiger partial charge in [0.15, 0.2) is 0 Å². The third-order valence-corrected chi connectivity index (χ3v) is 7.84. The predicted octanol–water partition coefficient (Wildman–Crippen LogP) is 3.39. The van der Waals surface area contributed by atoms with Crippen molar-refractivity contribution in [1.29, 1.82) is 0 Å². The summed E-state index contributed by atoms with van der Waals surface area (Å²) in [6, 6.07) is 17.4. The summed E-state index contributed by atoms with van der Waals surface area (Å²) in [5, 5.41) is 11.7. The smallest absolute Gasteiger partial charge is 0.285 e. The summed E-state index contributed by atoms with van der Waals surface area (Å²) >= 11 is 0. The Bertz CT molecular complexity index is 750. The topological polar surface area (TPSA) is 47.0 Å². The molecule has 0 saturated carbocycles. The van der Waals surface area contributed by atoms with E-state index in [1.807, 2.05) is 61.5 Å². The summed E-state index contributed by atoms with van der Waals surface area (Å²) in [5.74, 6) is 0. The molecule has 2 aromatic rings. The molecule has 5 nitrogen and oxygen atoms in total. The number of benzene rings is 2. The van der Waals surface area contributed by atoms with Crippen LogP contribution in [0.2, 0.25) is 0 Å². The fourth-order valence-electron chi connectivity index (χ4n) is 3.28. The lowest BCUT2D eigenvalue weighted by atomic mass is 9.86. The molecule has 0 heterocycles. The van der Waals surface area contributed by atoms with Crippen molar-refractivity contribution < 1.29 is 9.67 Å². The van der Waals surface area contributed by atoms with Crippen LogP contribution in [0, 0.1) is 6.92 Å². The van der Waals surface area contributed by atoms with E-state index in [1.165, 1.54) is 0 Å². The number of aliphatic hydroxyl groups is 1. The van der Waals surface area contributed by atoms with E-state index in [2.05, 4.69) is 0 Å². The van der Waals surface area contributed by atoms with Crippen molar-refractivity contribution in [2.45, 2.75) is 12.5 Å². The molecule has 0 fully saturated rings. The van der Waals surface area contributed by atoms with Gasteiger partial charge in [0.2, 0.25) is 0 Å². The SMILES string of the molecule is Cc1ccc(C(O)(CN(C)P(=O)(N(C)C)N(C)C)c2ccccc2)cc1. The van der Waals surface area contributed by atoms with Crippen LogP contribution in [0.15, 0.2) is 54.6 Å². The first-order chi connectivity index (χ1) is 12.1. The van der Waals surface area contributed by atoms with Crippen molar-refractivity contribution in [2.24, 2.45) is 0 Å². The van der Waals surface area contributed by atoms with Crippen LogP contribution < -0.4 is 0 Å². The fraction of sp³-hybridized carbons (Fsp3) is 0.400. The lowest BCUT2D eigenvalue weighted by Gasteiger charge is -2.41. The lowest BCUT2D eigenvalue weighted by molar-refractivity contribution is 0.0604. The van der Waals surface area contributed by atoms with Crippen LogP contribution in [0.3, 0.4) is 0 Å². The molecule has 1 unspecified atom stereocenters. The van der Waals surface area contributed by atoms with Gasteiger partial charge in [-0.2, -0.15) is 0 Å². The second-order valence-electron chi connectivity index (χ2n) is 7.12. The molecule has 142 valence electrons. The zero-order valence-corrected chi connectivity index (χ0v) is 17.4. The maximum Gasteiger partial charge on any atom is 0.285 e. The predicted molar refractivity (Wildman–Crippen MR) is 108 cm³/mol. The Hall–Kier alpha value is -1.49. The molecule has 2 aromatic carbocycles. The molecule has 0 aromatic heterocycles. The summed E-state index contributed by atoms with van der Waals surface area (Å²) in [6.45, 7) is 2.22. The molecule has 0 aliphatic carbocycles. The minimum Gasteiger partial charge on any atom is -0.379 e. The van der Waals surface area contributed by atoms with Crippen LogP contribution in [0.25, 0.3) is 0 Å². The van der Waals surface area contributed by atoms with Crippen LogP contribution in [0.4, 0.5) is 0 Å². The zero-order chi connectivity index (χ0) is 19.5. The van der Waals surface area contributed by atoms with Crippen LogP contribution in [-0.2, 0) is 10.2 Å². The van der Waals surface area contributed by atoms with E-state index in [4.69, 9.17) is 0 Å². The molecule has 1 atom stereocenters. The molecule has 0 saturated heterocycles. The largest absolute Gasteiger partial charge is 0.379 e. The molecular weight excluding hydrogens is 345 g/mol. The molecule has 1 N–H and O–H groups in total. The van der Waals surface area contributed by atoms with Gasteiger partial charge in [-0.25, -0.2) is 14.0 Å². The van der Waals surface area contributed by atoms with Gasteiger partial charge in [0, 0.05) is 6.54 Å². The first kappa shape index (κ1) is 20.8. The molecule has 0 bridgehead atoms. The van der Waals surface area contributed by atoms with Gasteiger partial charge in [0.25, 0.3) is 7.59 Å². The summed E-state index contributed by atoms with van der Waals surface area (Å²) < 4.78 is 18.8. The average Bonchev–Trinajstić information content (AvgIpc) is 2.61. The van der Waals surface area contributed by atoms with Crippen LogP contribution >= 0.6 is 7.59 Å². The summed E-state index contributed by atoms with van der Waals surface area (Å²) in [7, 11) is 6.02. The first-order valence-electron chi connectivity index (χ1n) is 8.64. The van der Waals surface area contributed by atoms with Crippen molar-refractivity contribution in [3.05, 3.63) is 71.3 Å². The van der Waals surface area contributed by atoms with E-state index in [1.54, 1.807) is 49.2 Å². The Balaban J connectivity index is 2.52. The van der Waals surface area contributed by atoms with Crippen molar-refractivity contribution in [1.82, 2.24) is 14.0 Å². The molecule has 0 spiro atoms. The van der Waals surface area contributed by atoms with Gasteiger partial charge in [-0.1, -0.05) is 60.2 Å². The Labute approximate surface area is 157 Å². The molecule has 6 heteroatoms. The maximum absolute atomic E-state index is 13.6. The third kappa shape index (κ3) is 3.93. The van der Waals surface area contributed by atoms with Crippen molar-refractivity contribution in [2.75, 3.05) is 41.8 Å². The number of aryl methyl sites for hydroxylation is 1. The van der Waals surface area contributed by atoms with Gasteiger partial charge in [-0.3, -0.25) is 4.57 Å². The van der Waals surface area contributed by atoms with Crippen molar-refractivity contribution in [3.63, 3.8) is 0 Å². The number of hydrogen-bond donors (Lipinski definition) is 1. The third-order valence-electron chi connectivity index (χ3n) is 4.73. The number of rotatable bonds is 7. The van der Waals surface area contributed by atoms with E-state index in [0.717, 1.165) is 16.7 Å². The normalized spacial score (nSPS) is 14.8. The molecule has 26 heavy (non-hydrogen) atoms. The molecule has 0 amide bonds. The molecule has 2 rings (SSSR count). The van der Waals surface area contributed by atoms with Gasteiger partial charge in [-0.15, -0.1) is 0 Å². The van der Waals surface area contributed by atoms with Crippen molar-refractivity contribution in [3.8, 4) is 0 Å². The standard InChI is InChI=1S/C20H30N3O2P/c1-17-12-14-19(15-13-17)20(24,18-10-8-7-9-11-18)16-23(6)26(25,21(2)3)22(4)5/h7-15,24H,16H2,1-6H3. The maximum atomic E-state index is 13.6. The molecule has 0 radical (unpaired) electrons. The van der Waals surface area contributed by atoms with E-state index in [-0.39, 0.29) is 6.54 Å². The summed E-state index contributed by atoms with van der Waals surface area (Å²) in [5.41, 5.74) is 1.42. The zero-order valence-electron chi connectivity index (χ0n) is 16.5. The molecular formula is C20H30N3O2P. The quantitative estimate of drug-likeness (QED) is 0.752. The number of likely N-dealkylation sites (N-methyl/N-ethyl adjacent to an activating group) is 1. The van der Waals surface area contributed by atoms with Gasteiger partial charge in [0.1, 0.15) is 5.60 Å². The molecule has 0 aliphatic heterocycles. The minimum atomic E-state index is -2.96. The highest BCUT2D eigenvalue weighted by atomic mass is 31.2. The van der Waals surface area contributed by atoms with E-state index < -0.39 is 13.2 Å². The fourth-order valence-corrected chi connectivity index (χ4v) is 5.61. The highest BCUT2D eigenvalue weighted by molar-refractivity contribution is 7.56. The number of nitrogens with zero attached hydrogens (tertiary/aromatic N) is 3. The van der Waals surface area contributed by atoms with Gasteiger partial charge in [-0.05, 0) is 53.3 Å². The highest BCUT2D eigenvalue weighted by Crippen LogP contribution is 2.53. The Kier molecular flexibility index (Phi) is 6.43. The van der Waals surface area contributed by atoms with E-state index in [9.17, 15) is 9.67 Å². The monoisotopic (exact) mass is 375 g/mol.